The molecule has 0 atom stereocenters. The fourth-order valence-electron chi connectivity index (χ4n) is 0.896. The summed E-state index contributed by atoms with van der Waals surface area (Å²) in [5.41, 5.74) is -1.12. The molecule has 0 fully saturated rings. The van der Waals surface area contributed by atoms with E-state index in [-0.39, 0.29) is 12.2 Å². The van der Waals surface area contributed by atoms with Crippen LogP contribution in [0.4, 0.5) is 0 Å². The Morgan fingerprint density at radius 2 is 2.25 bits per heavy atom. The van der Waals surface area contributed by atoms with Crippen LogP contribution in [0.1, 0.15) is 13.8 Å². The largest absolute Gasteiger partial charge is 0.389 e. The second-order valence-corrected chi connectivity index (χ2v) is 3.49. The Kier molecular flexibility index (Phi) is 2.06. The minimum atomic E-state index is -0.905. The van der Waals surface area contributed by atoms with E-state index in [9.17, 15) is 9.90 Å². The maximum Gasteiger partial charge on any atom is 0.345 e. The van der Waals surface area contributed by atoms with E-state index < -0.39 is 5.60 Å². The lowest BCUT2D eigenvalue weighted by molar-refractivity contribution is 0.0564. The summed E-state index contributed by atoms with van der Waals surface area (Å²) in [5, 5.41) is 13.2. The highest BCUT2D eigenvalue weighted by Crippen LogP contribution is 2.01. The normalized spacial score (nSPS) is 12.0. The smallest absolute Gasteiger partial charge is 0.345 e. The van der Waals surface area contributed by atoms with Gasteiger partial charge < -0.3 is 5.11 Å². The van der Waals surface area contributed by atoms with E-state index in [0.717, 1.165) is 0 Å². The van der Waals surface area contributed by atoms with Gasteiger partial charge in [-0.05, 0) is 13.8 Å². The van der Waals surface area contributed by atoms with Gasteiger partial charge in [-0.15, -0.1) is 0 Å². The molecule has 0 aliphatic heterocycles. The number of hydrogen-bond acceptors (Lipinski definition) is 3. The van der Waals surface area contributed by atoms with Gasteiger partial charge in [0.25, 0.3) is 0 Å². The predicted octanol–water partition coefficient (Wildman–Crippen LogP) is -0.647. The zero-order chi connectivity index (χ0) is 9.35. The molecule has 1 aromatic heterocycles. The summed E-state index contributed by atoms with van der Waals surface area (Å²) in [6.07, 6.45) is 1.42. The molecule has 1 rings (SSSR count). The molecule has 0 aliphatic rings. The highest BCUT2D eigenvalue weighted by molar-refractivity contribution is 4.71. The first-order chi connectivity index (χ1) is 5.40. The number of aliphatic hydroxyl groups is 1. The van der Waals surface area contributed by atoms with E-state index in [1.807, 2.05) is 0 Å². The lowest BCUT2D eigenvalue weighted by Crippen LogP contribution is -2.33. The Morgan fingerprint density at radius 1 is 1.67 bits per heavy atom. The standard InChI is InChI=1S/C7H13N3O2/c1-7(2,12)4-10-6(11)9(3)5-8-10/h5,12H,4H2,1-3H3. The molecule has 0 radical (unpaired) electrons. The topological polar surface area (TPSA) is 60.1 Å². The molecule has 1 aromatic rings. The van der Waals surface area contributed by atoms with E-state index in [2.05, 4.69) is 5.10 Å². The zero-order valence-corrected chi connectivity index (χ0v) is 7.48. The van der Waals surface area contributed by atoms with Gasteiger partial charge in [0.15, 0.2) is 0 Å². The lowest BCUT2D eigenvalue weighted by Gasteiger charge is -2.15. The SMILES string of the molecule is Cn1cnn(CC(C)(C)O)c1=O. The van der Waals surface area contributed by atoms with Gasteiger partial charge >= 0.3 is 5.69 Å². The van der Waals surface area contributed by atoms with Gasteiger partial charge in [0.1, 0.15) is 6.33 Å². The van der Waals surface area contributed by atoms with Crippen LogP contribution in [0.2, 0.25) is 0 Å². The van der Waals surface area contributed by atoms with Gasteiger partial charge in [-0.3, -0.25) is 4.57 Å². The van der Waals surface area contributed by atoms with Crippen LogP contribution in [-0.2, 0) is 13.6 Å². The maximum absolute atomic E-state index is 11.2. The van der Waals surface area contributed by atoms with E-state index in [4.69, 9.17) is 0 Å². The van der Waals surface area contributed by atoms with Crippen molar-refractivity contribution in [3.63, 3.8) is 0 Å². The third-order valence-electron chi connectivity index (χ3n) is 1.42. The van der Waals surface area contributed by atoms with E-state index in [1.165, 1.54) is 15.6 Å². The average molecular weight is 171 g/mol. The van der Waals surface area contributed by atoms with Gasteiger partial charge in [0, 0.05) is 7.05 Å². The quantitative estimate of drug-likeness (QED) is 0.643. The Hall–Kier alpha value is -1.10. The summed E-state index contributed by atoms with van der Waals surface area (Å²) in [6, 6.07) is 0. The second-order valence-electron chi connectivity index (χ2n) is 3.49. The van der Waals surface area contributed by atoms with Gasteiger partial charge in [-0.25, -0.2) is 9.48 Å². The highest BCUT2D eigenvalue weighted by Gasteiger charge is 2.15. The number of rotatable bonds is 2. The summed E-state index contributed by atoms with van der Waals surface area (Å²) in [6.45, 7) is 3.48. The molecule has 68 valence electrons. The van der Waals surface area contributed by atoms with Crippen LogP contribution in [0.15, 0.2) is 11.1 Å². The van der Waals surface area contributed by atoms with Crippen molar-refractivity contribution in [2.45, 2.75) is 26.0 Å². The van der Waals surface area contributed by atoms with Crippen molar-refractivity contribution in [2.24, 2.45) is 7.05 Å². The Bertz CT molecular complexity index is 318. The molecule has 0 aliphatic carbocycles. The van der Waals surface area contributed by atoms with Crippen molar-refractivity contribution >= 4 is 0 Å². The van der Waals surface area contributed by atoms with Gasteiger partial charge in [0.05, 0.1) is 12.1 Å². The van der Waals surface area contributed by atoms with Crippen LogP contribution in [0.3, 0.4) is 0 Å². The second kappa shape index (κ2) is 2.75. The molecular formula is C7H13N3O2. The van der Waals surface area contributed by atoms with Crippen molar-refractivity contribution in [1.29, 1.82) is 0 Å². The molecular weight excluding hydrogens is 158 g/mol. The van der Waals surface area contributed by atoms with Crippen LogP contribution in [0.5, 0.6) is 0 Å². The van der Waals surface area contributed by atoms with Crippen LogP contribution in [0.25, 0.3) is 0 Å². The molecule has 0 saturated carbocycles. The fourth-order valence-corrected chi connectivity index (χ4v) is 0.896. The third kappa shape index (κ3) is 1.94. The van der Waals surface area contributed by atoms with Crippen LogP contribution in [0, 0.1) is 0 Å². The van der Waals surface area contributed by atoms with E-state index in [0.29, 0.717) is 0 Å². The van der Waals surface area contributed by atoms with Crippen LogP contribution < -0.4 is 5.69 Å². The Labute approximate surface area is 70.2 Å². The predicted molar refractivity (Wildman–Crippen MR) is 43.8 cm³/mol. The Balaban J connectivity index is 2.91. The summed E-state index contributed by atoms with van der Waals surface area (Å²) < 4.78 is 2.60. The first kappa shape index (κ1) is 8.99. The monoisotopic (exact) mass is 171 g/mol. The van der Waals surface area contributed by atoms with Crippen molar-refractivity contribution in [3.8, 4) is 0 Å². The van der Waals surface area contributed by atoms with E-state index in [1.54, 1.807) is 20.9 Å². The van der Waals surface area contributed by atoms with Crippen molar-refractivity contribution in [1.82, 2.24) is 14.3 Å². The van der Waals surface area contributed by atoms with Crippen molar-refractivity contribution in [2.75, 3.05) is 0 Å². The average Bonchev–Trinajstić information content (AvgIpc) is 2.16. The Morgan fingerprint density at radius 3 is 2.58 bits per heavy atom. The fraction of sp³-hybridized carbons (Fsp3) is 0.714. The molecule has 12 heavy (non-hydrogen) atoms. The highest BCUT2D eigenvalue weighted by atomic mass is 16.3. The summed E-state index contributed by atoms with van der Waals surface area (Å²) in [7, 11) is 1.62. The van der Waals surface area contributed by atoms with Crippen LogP contribution >= 0.6 is 0 Å². The van der Waals surface area contributed by atoms with Gasteiger partial charge in [-0.1, -0.05) is 0 Å². The molecule has 5 heteroatoms. The van der Waals surface area contributed by atoms with Crippen molar-refractivity contribution in [3.05, 3.63) is 16.8 Å². The minimum absolute atomic E-state index is 0.211. The minimum Gasteiger partial charge on any atom is -0.389 e. The third-order valence-corrected chi connectivity index (χ3v) is 1.42. The molecule has 5 nitrogen and oxygen atoms in total. The number of nitrogens with zero attached hydrogens (tertiary/aromatic N) is 3. The van der Waals surface area contributed by atoms with E-state index >= 15 is 0 Å². The number of aryl methyl sites for hydroxylation is 1. The first-order valence-electron chi connectivity index (χ1n) is 3.71. The molecule has 0 saturated heterocycles. The molecule has 0 aromatic carbocycles. The lowest BCUT2D eigenvalue weighted by atomic mass is 10.1. The maximum atomic E-state index is 11.2. The number of aromatic nitrogens is 3. The van der Waals surface area contributed by atoms with Crippen LogP contribution in [-0.4, -0.2) is 25.1 Å². The summed E-state index contributed by atoms with van der Waals surface area (Å²) >= 11 is 0. The summed E-state index contributed by atoms with van der Waals surface area (Å²) in [5.74, 6) is 0. The summed E-state index contributed by atoms with van der Waals surface area (Å²) in [4.78, 5) is 11.2. The van der Waals surface area contributed by atoms with Gasteiger partial charge in [0.2, 0.25) is 0 Å². The van der Waals surface area contributed by atoms with Gasteiger partial charge in [-0.2, -0.15) is 5.10 Å². The molecule has 1 N–H and O–H groups in total. The zero-order valence-electron chi connectivity index (χ0n) is 7.48. The molecule has 0 bridgehead atoms. The molecule has 0 spiro atoms. The molecule has 1 heterocycles. The molecule has 0 amide bonds. The number of hydrogen-bond donors (Lipinski definition) is 1. The molecule has 0 unspecified atom stereocenters. The van der Waals surface area contributed by atoms with Crippen molar-refractivity contribution < 1.29 is 5.11 Å². The first-order valence-corrected chi connectivity index (χ1v) is 3.71.